The van der Waals surface area contributed by atoms with E-state index in [1.54, 1.807) is 0 Å². The topological polar surface area (TPSA) is 40.9 Å². The summed E-state index contributed by atoms with van der Waals surface area (Å²) in [5, 5.41) is -1.54. The second-order valence-electron chi connectivity index (χ2n) is 1.70. The molecule has 0 rings (SSSR count). The normalized spacial score (nSPS) is 14.8. The third kappa shape index (κ3) is 4.49. The van der Waals surface area contributed by atoms with Crippen LogP contribution < -0.4 is 5.73 Å². The van der Waals surface area contributed by atoms with Gasteiger partial charge in [0.1, 0.15) is 0 Å². The zero-order valence-corrected chi connectivity index (χ0v) is 5.67. The minimum Gasteiger partial charge on any atom is -0.272 e. The molecule has 1 N–H and O–H groups in total. The Bertz CT molecular complexity index is 135. The fraction of sp³-hybridized carbons (Fsp3) is 0.750. The van der Waals surface area contributed by atoms with Gasteiger partial charge in [-0.05, 0) is 0 Å². The first-order valence-corrected chi connectivity index (χ1v) is 2.85. The smallest absolute Gasteiger partial charge is 0.272 e. The van der Waals surface area contributed by atoms with Crippen molar-refractivity contribution in [2.75, 3.05) is 0 Å². The summed E-state index contributed by atoms with van der Waals surface area (Å²) in [4.78, 5) is 9.91. The summed E-state index contributed by atoms with van der Waals surface area (Å²) in [6.45, 7) is 0. The molecule has 0 saturated carbocycles. The Hall–Kier alpha value is -0.390. The molecule has 0 aromatic heterocycles. The average molecular weight is 172 g/mol. The maximum Gasteiger partial charge on any atom is 0.390 e. The summed E-state index contributed by atoms with van der Waals surface area (Å²) in [5.74, 6) is -1.30. The van der Waals surface area contributed by atoms with E-state index in [-0.39, 0.29) is 0 Å². The van der Waals surface area contributed by atoms with Gasteiger partial charge in [0.05, 0.1) is 11.7 Å². The maximum atomic E-state index is 11.4. The highest BCUT2D eigenvalue weighted by molar-refractivity contribution is 7.81. The molecule has 1 amide bonds. The van der Waals surface area contributed by atoms with Crippen LogP contribution in [-0.4, -0.2) is 17.3 Å². The summed E-state index contributed by atoms with van der Waals surface area (Å²) < 4.78 is 34.1. The summed E-state index contributed by atoms with van der Waals surface area (Å²) >= 11 is 3.26. The van der Waals surface area contributed by atoms with E-state index in [1.807, 2.05) is 0 Å². The van der Waals surface area contributed by atoms with Gasteiger partial charge in [0, 0.05) is 0 Å². The van der Waals surface area contributed by atoms with Crippen LogP contribution in [0.15, 0.2) is 0 Å². The summed E-state index contributed by atoms with van der Waals surface area (Å²) in [6, 6.07) is 0. The highest BCUT2D eigenvalue weighted by Crippen LogP contribution is 2.23. The van der Waals surface area contributed by atoms with E-state index in [2.05, 4.69) is 12.6 Å². The van der Waals surface area contributed by atoms with Gasteiger partial charge in [-0.3, -0.25) is 10.5 Å². The molecular formula is C4H5F3NOS. The molecule has 0 aromatic rings. The van der Waals surface area contributed by atoms with E-state index in [9.17, 15) is 18.0 Å². The van der Waals surface area contributed by atoms with E-state index in [1.165, 1.54) is 0 Å². The molecule has 6 heteroatoms. The van der Waals surface area contributed by atoms with Crippen LogP contribution in [0.1, 0.15) is 6.42 Å². The molecule has 0 spiro atoms. The zero-order valence-electron chi connectivity index (χ0n) is 4.77. The molecular weight excluding hydrogens is 167 g/mol. The molecule has 0 saturated heterocycles. The van der Waals surface area contributed by atoms with Gasteiger partial charge in [0.2, 0.25) is 0 Å². The highest BCUT2D eigenvalue weighted by atomic mass is 32.1. The van der Waals surface area contributed by atoms with Gasteiger partial charge in [-0.15, -0.1) is 0 Å². The van der Waals surface area contributed by atoms with Gasteiger partial charge in [0.25, 0.3) is 5.91 Å². The minimum atomic E-state index is -4.41. The van der Waals surface area contributed by atoms with Gasteiger partial charge in [-0.25, -0.2) is 0 Å². The molecule has 10 heavy (non-hydrogen) atoms. The lowest BCUT2D eigenvalue weighted by Gasteiger charge is -2.08. The number of alkyl halides is 3. The molecule has 2 nitrogen and oxygen atoms in total. The van der Waals surface area contributed by atoms with Crippen molar-refractivity contribution in [1.29, 1.82) is 0 Å². The van der Waals surface area contributed by atoms with Crippen molar-refractivity contribution in [3.05, 3.63) is 0 Å². The first kappa shape index (κ1) is 9.61. The van der Waals surface area contributed by atoms with E-state index in [4.69, 9.17) is 5.73 Å². The molecule has 0 aliphatic heterocycles. The lowest BCUT2D eigenvalue weighted by atomic mass is 10.3. The Balaban J connectivity index is 3.80. The molecule has 59 valence electrons. The van der Waals surface area contributed by atoms with E-state index in [0.717, 1.165) is 0 Å². The molecule has 0 bridgehead atoms. The largest absolute Gasteiger partial charge is 0.390 e. The summed E-state index contributed by atoms with van der Waals surface area (Å²) in [6.07, 6.45) is -5.75. The molecule has 1 unspecified atom stereocenters. The molecule has 0 fully saturated rings. The van der Waals surface area contributed by atoms with Crippen LogP contribution in [0.2, 0.25) is 0 Å². The summed E-state index contributed by atoms with van der Waals surface area (Å²) in [7, 11) is 0. The van der Waals surface area contributed by atoms with Crippen molar-refractivity contribution >= 4 is 18.5 Å². The molecule has 0 aliphatic carbocycles. The quantitative estimate of drug-likeness (QED) is 0.621. The number of carbonyl (C=O) groups excluding carboxylic acids is 1. The van der Waals surface area contributed by atoms with Crippen molar-refractivity contribution in [3.8, 4) is 0 Å². The van der Waals surface area contributed by atoms with Crippen molar-refractivity contribution in [1.82, 2.24) is 5.73 Å². The van der Waals surface area contributed by atoms with E-state index in [0.29, 0.717) is 0 Å². The summed E-state index contributed by atoms with van der Waals surface area (Å²) in [5.41, 5.74) is 6.25. The van der Waals surface area contributed by atoms with Crippen LogP contribution in [0, 0.1) is 0 Å². The Morgan fingerprint density at radius 3 is 2.10 bits per heavy atom. The first-order chi connectivity index (χ1) is 4.33. The number of nitrogens with one attached hydrogen (secondary N) is 1. The lowest BCUT2D eigenvalue weighted by molar-refractivity contribution is -0.141. The van der Waals surface area contributed by atoms with Crippen LogP contribution >= 0.6 is 12.6 Å². The van der Waals surface area contributed by atoms with Gasteiger partial charge in [0.15, 0.2) is 0 Å². The number of thiol groups is 1. The maximum absolute atomic E-state index is 11.4. The van der Waals surface area contributed by atoms with Crippen molar-refractivity contribution in [2.45, 2.75) is 17.8 Å². The van der Waals surface area contributed by atoms with Gasteiger partial charge >= 0.3 is 6.18 Å². The molecule has 1 radical (unpaired) electrons. The molecule has 0 aromatic carbocycles. The number of carbonyl (C=O) groups is 1. The van der Waals surface area contributed by atoms with Crippen LogP contribution in [-0.2, 0) is 4.79 Å². The van der Waals surface area contributed by atoms with Gasteiger partial charge in [-0.1, -0.05) is 0 Å². The van der Waals surface area contributed by atoms with E-state index >= 15 is 0 Å². The Kier molecular flexibility index (Phi) is 3.01. The highest BCUT2D eigenvalue weighted by Gasteiger charge is 2.32. The monoisotopic (exact) mass is 172 g/mol. The Morgan fingerprint density at radius 1 is 1.60 bits per heavy atom. The van der Waals surface area contributed by atoms with Crippen molar-refractivity contribution < 1.29 is 18.0 Å². The number of rotatable bonds is 2. The number of hydrogen-bond donors (Lipinski definition) is 1. The standard InChI is InChI=1S/C4H5F3NOS/c5-4(6,7)1-2(10)3(8)9/h2,8,10H,1H2. The number of hydrogen-bond acceptors (Lipinski definition) is 2. The van der Waals surface area contributed by atoms with Crippen LogP contribution in [0.25, 0.3) is 0 Å². The average Bonchev–Trinajstić information content (AvgIpc) is 1.60. The zero-order chi connectivity index (χ0) is 8.36. The van der Waals surface area contributed by atoms with Crippen molar-refractivity contribution in [2.24, 2.45) is 0 Å². The predicted octanol–water partition coefficient (Wildman–Crippen LogP) is 1.05. The Morgan fingerprint density at radius 2 is 2.00 bits per heavy atom. The fourth-order valence-electron chi connectivity index (χ4n) is 0.312. The van der Waals surface area contributed by atoms with Crippen LogP contribution in [0.4, 0.5) is 13.2 Å². The predicted molar refractivity (Wildman–Crippen MR) is 31.5 cm³/mol. The minimum absolute atomic E-state index is 1.30. The third-order valence-electron chi connectivity index (χ3n) is 0.727. The first-order valence-electron chi connectivity index (χ1n) is 2.33. The second kappa shape index (κ2) is 3.14. The van der Waals surface area contributed by atoms with Crippen LogP contribution in [0.5, 0.6) is 0 Å². The molecule has 0 aliphatic rings. The van der Waals surface area contributed by atoms with Gasteiger partial charge in [-0.2, -0.15) is 25.8 Å². The van der Waals surface area contributed by atoms with Crippen LogP contribution in [0.3, 0.4) is 0 Å². The third-order valence-corrected chi connectivity index (χ3v) is 1.14. The molecule has 1 atom stereocenters. The SMILES string of the molecule is [NH]C(=O)C(S)CC(F)(F)F. The molecule has 0 heterocycles. The fourth-order valence-corrected chi connectivity index (χ4v) is 0.519. The second-order valence-corrected chi connectivity index (χ2v) is 2.32. The van der Waals surface area contributed by atoms with Crippen molar-refractivity contribution in [3.63, 3.8) is 0 Å². The number of amides is 1. The van der Waals surface area contributed by atoms with E-state index < -0.39 is 23.8 Å². The number of halogens is 3. The lowest BCUT2D eigenvalue weighted by Crippen LogP contribution is -2.23. The van der Waals surface area contributed by atoms with Gasteiger partial charge < -0.3 is 0 Å². The Labute approximate surface area is 61.0 Å².